The molecule has 0 saturated heterocycles. The molecule has 0 bridgehead atoms. The quantitative estimate of drug-likeness (QED) is 0.349. The molecule has 0 rings (SSSR count). The second kappa shape index (κ2) is 35.3. The first-order valence-corrected chi connectivity index (χ1v) is 3.00. The molecular weight excluding hydrogens is 179 g/mol. The van der Waals surface area contributed by atoms with Crippen LogP contribution in [-0.2, 0) is 41.2 Å². The van der Waals surface area contributed by atoms with Crippen LogP contribution in [-0.4, -0.2) is 34.9 Å². The van der Waals surface area contributed by atoms with Gasteiger partial charge in [0, 0.05) is 41.2 Å². The van der Waals surface area contributed by atoms with Gasteiger partial charge in [0.15, 0.2) is 17.4 Å². The fourth-order valence-electron chi connectivity index (χ4n) is 0. The largest absolute Gasteiger partial charge is 0.187 e. The minimum atomic E-state index is 0. The summed E-state index contributed by atoms with van der Waals surface area (Å²) in [6.07, 6.45) is 0. The van der Waals surface area contributed by atoms with Crippen LogP contribution in [0.2, 0.25) is 0 Å². The number of hydrogen-bond donors (Lipinski definition) is 0. The molecule has 0 fully saturated rings. The third-order valence-electron chi connectivity index (χ3n) is 0. The van der Waals surface area contributed by atoms with Crippen LogP contribution in [0, 0.1) is 0 Å². The van der Waals surface area contributed by atoms with Gasteiger partial charge in [-0.2, -0.15) is 0 Å². The van der Waals surface area contributed by atoms with Gasteiger partial charge in [0.25, 0.3) is 0 Å². The van der Waals surface area contributed by atoms with Crippen LogP contribution in [0.5, 0.6) is 0 Å². The molecule has 0 aliphatic heterocycles. The minimum absolute atomic E-state index is 0. The van der Waals surface area contributed by atoms with Crippen LogP contribution in [0.3, 0.4) is 0 Å². The molecule has 0 heterocycles. The average Bonchev–Trinajstić information content (AvgIpc) is 1.00. The standard InChI is InChI=1S/Al.BH5Si.Ti.Zn.3H/c;1-2;;;;;/h;1H2,2H3;;;;;. The Hall–Kier alpha value is 2.15. The minimum Gasteiger partial charge on any atom is -0.0304 e. The third-order valence-corrected chi connectivity index (χ3v) is 0. The van der Waals surface area contributed by atoms with Gasteiger partial charge in [-0.1, -0.05) is 0 Å². The predicted octanol–water partition coefficient (Wildman–Crippen LogP) is -3.29. The Bertz CT molecular complexity index is 11.6. The van der Waals surface area contributed by atoms with Crippen molar-refractivity contribution in [3.05, 3.63) is 0 Å². The van der Waals surface area contributed by atoms with E-state index < -0.39 is 0 Å². The van der Waals surface area contributed by atoms with E-state index in [0.29, 0.717) is 0 Å². The Morgan fingerprint density at radius 2 is 1.20 bits per heavy atom. The van der Waals surface area contributed by atoms with Crippen molar-refractivity contribution in [2.45, 2.75) is 0 Å². The van der Waals surface area contributed by atoms with Crippen molar-refractivity contribution in [2.24, 2.45) is 0 Å². The van der Waals surface area contributed by atoms with Crippen molar-refractivity contribution in [2.75, 3.05) is 0 Å². The molecule has 0 radical (unpaired) electrons. The molecule has 0 aromatic rings. The summed E-state index contributed by atoms with van der Waals surface area (Å²) in [7, 11) is 3.44. The summed E-state index contributed by atoms with van der Waals surface area (Å²) >= 11 is 0. The van der Waals surface area contributed by atoms with E-state index in [2.05, 4.69) is 7.44 Å². The van der Waals surface area contributed by atoms with Gasteiger partial charge in [0.05, 0.1) is 7.44 Å². The molecule has 0 atom stereocenters. The van der Waals surface area contributed by atoms with Crippen molar-refractivity contribution in [1.29, 1.82) is 0 Å². The van der Waals surface area contributed by atoms with Crippen molar-refractivity contribution >= 4 is 34.9 Å². The third kappa shape index (κ3) is 22.9. The monoisotopic (exact) mass is 186 g/mol. The summed E-state index contributed by atoms with van der Waals surface area (Å²) in [5.41, 5.74) is 0. The number of rotatable bonds is 0. The van der Waals surface area contributed by atoms with E-state index in [-0.39, 0.29) is 58.6 Å². The molecule has 0 aromatic carbocycles. The van der Waals surface area contributed by atoms with Crippen molar-refractivity contribution in [1.82, 2.24) is 0 Å². The Morgan fingerprint density at radius 1 is 1.20 bits per heavy atom. The van der Waals surface area contributed by atoms with E-state index in [0.717, 1.165) is 0 Å². The smallest absolute Gasteiger partial charge is 0.0304 e. The summed E-state index contributed by atoms with van der Waals surface area (Å²) in [5.74, 6) is 0. The van der Waals surface area contributed by atoms with Crippen molar-refractivity contribution in [3.63, 3.8) is 0 Å². The van der Waals surface area contributed by atoms with Gasteiger partial charge in [0.2, 0.25) is 0 Å². The number of hydrogen-bond acceptors (Lipinski definition) is 0. The second-order valence-electron chi connectivity index (χ2n) is 0. The topological polar surface area (TPSA) is 0 Å². The second-order valence-corrected chi connectivity index (χ2v) is 0. The Balaban J connectivity index is -0.00000000167. The molecule has 0 aromatic heterocycles. The normalized spacial score (nSPS) is 1.60. The van der Waals surface area contributed by atoms with Crippen LogP contribution in [0.25, 0.3) is 0 Å². The molecule has 0 N–H and O–H groups in total. The van der Waals surface area contributed by atoms with E-state index in [9.17, 15) is 0 Å². The van der Waals surface area contributed by atoms with Gasteiger partial charge in [-0.05, 0) is 10.1 Å². The predicted molar refractivity (Wildman–Crippen MR) is 28.4 cm³/mol. The molecule has 0 aliphatic rings. The maximum Gasteiger partial charge on any atom is 0.187 e. The van der Waals surface area contributed by atoms with Crippen molar-refractivity contribution < 1.29 is 41.2 Å². The summed E-state index contributed by atoms with van der Waals surface area (Å²) in [6, 6.07) is 0. The average molecular weight is 187 g/mol. The zero-order valence-corrected chi connectivity index (χ0v) is 9.74. The fourth-order valence-corrected chi connectivity index (χ4v) is 0. The fraction of sp³-hybridized carbons (Fsp3) is 0. The first-order chi connectivity index (χ1) is 1.00. The molecule has 0 aliphatic carbocycles. The van der Waals surface area contributed by atoms with E-state index >= 15 is 0 Å². The Kier molecular flexibility index (Phi) is 192. The zero-order chi connectivity index (χ0) is 2.00. The molecule has 24 valence electrons. The van der Waals surface area contributed by atoms with E-state index in [4.69, 9.17) is 0 Å². The maximum atomic E-state index is 2.14. The van der Waals surface area contributed by atoms with E-state index in [1.807, 2.05) is 0 Å². The van der Waals surface area contributed by atoms with Gasteiger partial charge in [0.1, 0.15) is 0 Å². The zero-order valence-electron chi connectivity index (χ0n) is 3.21. The molecule has 0 amide bonds. The van der Waals surface area contributed by atoms with Gasteiger partial charge in [-0.15, -0.1) is 0 Å². The molecule has 0 unspecified atom stereocenters. The SMILES string of the molecule is B[SiH3].[AlH3].[Ti].[Zn]. The van der Waals surface area contributed by atoms with Crippen molar-refractivity contribution in [3.8, 4) is 0 Å². The Morgan fingerprint density at radius 3 is 1.20 bits per heavy atom. The molecule has 5 heteroatoms. The van der Waals surface area contributed by atoms with E-state index in [1.165, 1.54) is 10.1 Å². The summed E-state index contributed by atoms with van der Waals surface area (Å²) in [4.78, 5) is 0. The van der Waals surface area contributed by atoms with Gasteiger partial charge < -0.3 is 0 Å². The first kappa shape index (κ1) is 27.2. The molecular formula is H8AlBSiTiZn. The van der Waals surface area contributed by atoms with Crippen LogP contribution in [0.1, 0.15) is 0 Å². The van der Waals surface area contributed by atoms with Crippen LogP contribution < -0.4 is 0 Å². The van der Waals surface area contributed by atoms with Crippen LogP contribution in [0.15, 0.2) is 0 Å². The molecule has 5 heavy (non-hydrogen) atoms. The van der Waals surface area contributed by atoms with Gasteiger partial charge in [-0.3, -0.25) is 0 Å². The van der Waals surface area contributed by atoms with Crippen LogP contribution >= 0.6 is 0 Å². The molecule has 0 spiro atoms. The Labute approximate surface area is 75.4 Å². The maximum absolute atomic E-state index is 2.14. The van der Waals surface area contributed by atoms with Gasteiger partial charge in [-0.25, -0.2) is 0 Å². The van der Waals surface area contributed by atoms with E-state index in [1.54, 1.807) is 0 Å². The first-order valence-electron chi connectivity index (χ1n) is 1.00. The van der Waals surface area contributed by atoms with Gasteiger partial charge >= 0.3 is 0 Å². The van der Waals surface area contributed by atoms with Crippen LogP contribution in [0.4, 0.5) is 0 Å². The molecule has 0 nitrogen and oxygen atoms in total. The summed E-state index contributed by atoms with van der Waals surface area (Å²) in [6.45, 7) is 0. The summed E-state index contributed by atoms with van der Waals surface area (Å²) < 4.78 is 0. The molecule has 0 saturated carbocycles. The summed E-state index contributed by atoms with van der Waals surface area (Å²) in [5, 5.41) is 0.